The molecule has 0 saturated carbocycles. The predicted molar refractivity (Wildman–Crippen MR) is 92.2 cm³/mol. The zero-order valence-corrected chi connectivity index (χ0v) is 14.6. The van der Waals surface area contributed by atoms with Crippen molar-refractivity contribution in [2.75, 3.05) is 17.6 Å². The third kappa shape index (κ3) is 6.15. The Morgan fingerprint density at radius 1 is 1.35 bits per heavy atom. The Balaban J connectivity index is 1.73. The highest BCUT2D eigenvalue weighted by Crippen LogP contribution is 2.25. The fourth-order valence-electron chi connectivity index (χ4n) is 1.64. The van der Waals surface area contributed by atoms with E-state index in [0.717, 1.165) is 16.0 Å². The smallest absolute Gasteiger partial charge is 0.230 e. The van der Waals surface area contributed by atoms with E-state index in [1.807, 2.05) is 0 Å². The molecule has 2 N–H and O–H groups in total. The fourth-order valence-corrected chi connectivity index (χ4v) is 3.23. The van der Waals surface area contributed by atoms with Gasteiger partial charge in [0.2, 0.25) is 11.0 Å². The van der Waals surface area contributed by atoms with Crippen LogP contribution in [0.1, 0.15) is 19.4 Å². The lowest BCUT2D eigenvalue weighted by molar-refractivity contribution is -0.118. The summed E-state index contributed by atoms with van der Waals surface area (Å²) in [6.45, 7) is 5.25. The number of benzene rings is 1. The molecular weight excluding hydrogens is 335 g/mol. The Kier molecular flexibility index (Phi) is 6.79. The molecule has 0 fully saturated rings. The van der Waals surface area contributed by atoms with Crippen LogP contribution in [-0.4, -0.2) is 28.4 Å². The summed E-state index contributed by atoms with van der Waals surface area (Å²) in [5, 5.41) is 14.7. The number of thioether (sulfide) groups is 1. The van der Waals surface area contributed by atoms with Crippen LogP contribution in [0.25, 0.3) is 0 Å². The van der Waals surface area contributed by atoms with Gasteiger partial charge in [0.1, 0.15) is 5.82 Å². The van der Waals surface area contributed by atoms with Gasteiger partial charge in [0, 0.05) is 18.7 Å². The number of hydrogen-bond donors (Lipinski definition) is 2. The summed E-state index contributed by atoms with van der Waals surface area (Å²) in [7, 11) is 0. The highest BCUT2D eigenvalue weighted by atomic mass is 32.2. The highest BCUT2D eigenvalue weighted by molar-refractivity contribution is 8.01. The molecule has 124 valence electrons. The van der Waals surface area contributed by atoms with Gasteiger partial charge in [-0.3, -0.25) is 4.79 Å². The standard InChI is InChI=1S/C15H19FN4OS2/c1-10(2)7-18-14-19-20-15(23-14)22-9-13(21)17-8-11-5-3-4-6-12(11)16/h3-6,10H,7-9H2,1-2H3,(H,17,21)(H,18,19). The molecule has 2 rings (SSSR count). The van der Waals surface area contributed by atoms with Crippen LogP contribution < -0.4 is 10.6 Å². The van der Waals surface area contributed by atoms with Crippen molar-refractivity contribution in [3.63, 3.8) is 0 Å². The van der Waals surface area contributed by atoms with Gasteiger partial charge in [-0.25, -0.2) is 4.39 Å². The van der Waals surface area contributed by atoms with Crippen molar-refractivity contribution in [3.05, 3.63) is 35.6 Å². The number of aromatic nitrogens is 2. The maximum absolute atomic E-state index is 13.4. The van der Waals surface area contributed by atoms with E-state index in [1.165, 1.54) is 29.2 Å². The molecule has 0 aliphatic carbocycles. The molecule has 23 heavy (non-hydrogen) atoms. The van der Waals surface area contributed by atoms with Crippen molar-refractivity contribution in [1.29, 1.82) is 0 Å². The molecular formula is C15H19FN4OS2. The molecule has 8 heteroatoms. The molecule has 0 aliphatic heterocycles. The monoisotopic (exact) mass is 354 g/mol. The van der Waals surface area contributed by atoms with Crippen molar-refractivity contribution in [2.45, 2.75) is 24.7 Å². The summed E-state index contributed by atoms with van der Waals surface area (Å²) in [6, 6.07) is 6.40. The summed E-state index contributed by atoms with van der Waals surface area (Å²) in [5.74, 6) is 0.280. The number of carbonyl (C=O) groups excluding carboxylic acids is 1. The quantitative estimate of drug-likeness (QED) is 0.713. The molecule has 0 saturated heterocycles. The minimum atomic E-state index is -0.314. The molecule has 2 aromatic rings. The molecule has 0 radical (unpaired) electrons. The van der Waals surface area contributed by atoms with Crippen molar-refractivity contribution in [3.8, 4) is 0 Å². The number of hydrogen-bond acceptors (Lipinski definition) is 6. The van der Waals surface area contributed by atoms with E-state index in [0.29, 0.717) is 11.5 Å². The minimum absolute atomic E-state index is 0.162. The largest absolute Gasteiger partial charge is 0.360 e. The molecule has 5 nitrogen and oxygen atoms in total. The first-order valence-corrected chi connectivity index (χ1v) is 9.05. The van der Waals surface area contributed by atoms with Crippen molar-refractivity contribution in [1.82, 2.24) is 15.5 Å². The van der Waals surface area contributed by atoms with Gasteiger partial charge >= 0.3 is 0 Å². The number of rotatable bonds is 8. The van der Waals surface area contributed by atoms with Crippen molar-refractivity contribution < 1.29 is 9.18 Å². The second kappa shape index (κ2) is 8.83. The van der Waals surface area contributed by atoms with Crippen LogP contribution in [0, 0.1) is 11.7 Å². The lowest BCUT2D eigenvalue weighted by atomic mass is 10.2. The summed E-state index contributed by atoms with van der Waals surface area (Å²) in [4.78, 5) is 11.8. The molecule has 0 aliphatic rings. The number of amides is 1. The van der Waals surface area contributed by atoms with Crippen LogP contribution >= 0.6 is 23.1 Å². The van der Waals surface area contributed by atoms with E-state index < -0.39 is 0 Å². The molecule has 0 spiro atoms. The number of carbonyl (C=O) groups is 1. The fraction of sp³-hybridized carbons (Fsp3) is 0.400. The molecule has 1 amide bonds. The van der Waals surface area contributed by atoms with Crippen LogP contribution in [0.4, 0.5) is 9.52 Å². The molecule has 0 bridgehead atoms. The third-order valence-electron chi connectivity index (χ3n) is 2.83. The van der Waals surface area contributed by atoms with Crippen molar-refractivity contribution >= 4 is 34.1 Å². The molecule has 0 atom stereocenters. The van der Waals surface area contributed by atoms with Gasteiger partial charge in [0.25, 0.3) is 0 Å². The van der Waals surface area contributed by atoms with Crippen LogP contribution in [0.5, 0.6) is 0 Å². The second-order valence-electron chi connectivity index (χ2n) is 5.30. The Morgan fingerprint density at radius 3 is 2.87 bits per heavy atom. The normalized spacial score (nSPS) is 10.8. The number of nitrogens with one attached hydrogen (secondary N) is 2. The maximum atomic E-state index is 13.4. The van der Waals surface area contributed by atoms with E-state index in [4.69, 9.17) is 0 Å². The first-order chi connectivity index (χ1) is 11.0. The van der Waals surface area contributed by atoms with Gasteiger partial charge in [-0.15, -0.1) is 10.2 Å². The Labute approximate surface area is 143 Å². The average Bonchev–Trinajstić information content (AvgIpc) is 2.98. The molecule has 1 aromatic heterocycles. The van der Waals surface area contributed by atoms with Gasteiger partial charge in [0.15, 0.2) is 4.34 Å². The number of nitrogens with zero attached hydrogens (tertiary/aromatic N) is 2. The first-order valence-electron chi connectivity index (χ1n) is 7.25. The average molecular weight is 354 g/mol. The minimum Gasteiger partial charge on any atom is -0.360 e. The molecule has 0 unspecified atom stereocenters. The predicted octanol–water partition coefficient (Wildman–Crippen LogP) is 3.15. The SMILES string of the molecule is CC(C)CNc1nnc(SCC(=O)NCc2ccccc2F)s1. The zero-order chi connectivity index (χ0) is 16.7. The Morgan fingerprint density at radius 2 is 2.13 bits per heavy atom. The first kappa shape index (κ1) is 17.7. The Hall–Kier alpha value is -1.67. The summed E-state index contributed by atoms with van der Waals surface area (Å²) >= 11 is 2.75. The Bertz CT molecular complexity index is 648. The van der Waals surface area contributed by atoms with Gasteiger partial charge in [-0.05, 0) is 12.0 Å². The summed E-state index contributed by atoms with van der Waals surface area (Å²) < 4.78 is 14.2. The van der Waals surface area contributed by atoms with E-state index in [2.05, 4.69) is 34.7 Å². The number of anilines is 1. The molecule has 1 heterocycles. The molecule has 1 aromatic carbocycles. The topological polar surface area (TPSA) is 66.9 Å². The van der Waals surface area contributed by atoms with E-state index >= 15 is 0 Å². The number of halogens is 1. The van der Waals surface area contributed by atoms with Crippen LogP contribution in [-0.2, 0) is 11.3 Å². The van der Waals surface area contributed by atoms with Gasteiger partial charge in [-0.1, -0.05) is 55.1 Å². The lowest BCUT2D eigenvalue weighted by Gasteiger charge is -2.05. The van der Waals surface area contributed by atoms with E-state index in [1.54, 1.807) is 18.2 Å². The maximum Gasteiger partial charge on any atom is 0.230 e. The van der Waals surface area contributed by atoms with Crippen LogP contribution in [0.15, 0.2) is 28.6 Å². The van der Waals surface area contributed by atoms with Gasteiger partial charge in [0.05, 0.1) is 5.75 Å². The van der Waals surface area contributed by atoms with E-state index in [9.17, 15) is 9.18 Å². The highest BCUT2D eigenvalue weighted by Gasteiger charge is 2.09. The van der Waals surface area contributed by atoms with E-state index in [-0.39, 0.29) is 24.0 Å². The summed E-state index contributed by atoms with van der Waals surface area (Å²) in [6.07, 6.45) is 0. The van der Waals surface area contributed by atoms with Crippen LogP contribution in [0.2, 0.25) is 0 Å². The second-order valence-corrected chi connectivity index (χ2v) is 7.50. The van der Waals surface area contributed by atoms with Gasteiger partial charge < -0.3 is 10.6 Å². The van der Waals surface area contributed by atoms with Gasteiger partial charge in [-0.2, -0.15) is 0 Å². The van der Waals surface area contributed by atoms with Crippen molar-refractivity contribution in [2.24, 2.45) is 5.92 Å². The lowest BCUT2D eigenvalue weighted by Crippen LogP contribution is -2.24. The van der Waals surface area contributed by atoms with Crippen LogP contribution in [0.3, 0.4) is 0 Å². The summed E-state index contributed by atoms with van der Waals surface area (Å²) in [5.41, 5.74) is 0.474. The zero-order valence-electron chi connectivity index (χ0n) is 13.0. The third-order valence-corrected chi connectivity index (χ3v) is 4.84.